The van der Waals surface area contributed by atoms with Crippen LogP contribution in [0.3, 0.4) is 0 Å². The highest BCUT2D eigenvalue weighted by atomic mass is 32.2. The summed E-state index contributed by atoms with van der Waals surface area (Å²) >= 11 is 0. The molecule has 0 saturated carbocycles. The lowest BCUT2D eigenvalue weighted by atomic mass is 10.1. The van der Waals surface area contributed by atoms with Crippen LogP contribution in [0.2, 0.25) is 0 Å². The van der Waals surface area contributed by atoms with Crippen molar-refractivity contribution in [3.8, 4) is 0 Å². The van der Waals surface area contributed by atoms with Crippen molar-refractivity contribution in [2.45, 2.75) is 36.0 Å². The van der Waals surface area contributed by atoms with Crippen LogP contribution in [0, 0.1) is 0 Å². The van der Waals surface area contributed by atoms with Crippen molar-refractivity contribution in [2.24, 2.45) is 0 Å². The molecule has 228 valence electrons. The summed E-state index contributed by atoms with van der Waals surface area (Å²) in [6.07, 6.45) is 2.96. The van der Waals surface area contributed by atoms with Crippen LogP contribution >= 0.6 is 0 Å². The molecule has 3 aromatic rings. The van der Waals surface area contributed by atoms with Crippen molar-refractivity contribution < 1.29 is 16.8 Å². The number of nitrogens with zero attached hydrogens (tertiary/aromatic N) is 5. The quantitative estimate of drug-likeness (QED) is 0.293. The van der Waals surface area contributed by atoms with E-state index in [1.54, 1.807) is 54.6 Å². The highest BCUT2D eigenvalue weighted by Gasteiger charge is 2.34. The first-order valence-corrected chi connectivity index (χ1v) is 17.3. The molecule has 4 rings (SSSR count). The predicted molar refractivity (Wildman–Crippen MR) is 173 cm³/mol. The number of rotatable bonds is 12. The molecule has 0 atom stereocenters. The molecule has 0 spiro atoms. The molecule has 0 aromatic heterocycles. The number of benzene rings is 3. The molecule has 1 aliphatic heterocycles. The third kappa shape index (κ3) is 6.68. The molecule has 3 aromatic carbocycles. The van der Waals surface area contributed by atoms with Gasteiger partial charge in [-0.25, -0.2) is 16.8 Å². The van der Waals surface area contributed by atoms with E-state index in [-0.39, 0.29) is 9.79 Å². The number of sulfonamides is 2. The van der Waals surface area contributed by atoms with Gasteiger partial charge < -0.3 is 14.7 Å². The van der Waals surface area contributed by atoms with E-state index in [2.05, 4.69) is 4.90 Å². The van der Waals surface area contributed by atoms with Gasteiger partial charge in [-0.05, 0) is 76.7 Å². The lowest BCUT2D eigenvalue weighted by Crippen LogP contribution is -2.37. The van der Waals surface area contributed by atoms with Gasteiger partial charge in [0.15, 0.2) is 0 Å². The molecule has 42 heavy (non-hydrogen) atoms. The molecule has 11 heteroatoms. The highest BCUT2D eigenvalue weighted by molar-refractivity contribution is 7.93. The SMILES string of the molecule is CCN(CCN(C)C)c1cc(N2CCCCC2)c(S(=O)(=O)N(C)c2ccccc2)cc1S(=O)(=O)N(C)c1ccccc1. The summed E-state index contributed by atoms with van der Waals surface area (Å²) < 4.78 is 59.9. The van der Waals surface area contributed by atoms with Crippen molar-refractivity contribution in [3.05, 3.63) is 72.8 Å². The van der Waals surface area contributed by atoms with Crippen molar-refractivity contribution in [1.82, 2.24) is 4.90 Å². The number of hydrogen-bond donors (Lipinski definition) is 0. The third-order valence-corrected chi connectivity index (χ3v) is 11.4. The van der Waals surface area contributed by atoms with Crippen molar-refractivity contribution in [1.29, 1.82) is 0 Å². The maximum Gasteiger partial charge on any atom is 0.266 e. The van der Waals surface area contributed by atoms with E-state index < -0.39 is 20.0 Å². The Bertz CT molecular complexity index is 1540. The van der Waals surface area contributed by atoms with Gasteiger partial charge in [0.1, 0.15) is 9.79 Å². The molecule has 0 radical (unpaired) electrons. The van der Waals surface area contributed by atoms with Crippen LogP contribution < -0.4 is 18.4 Å². The first kappa shape index (κ1) is 31.7. The molecular formula is C31H43N5O4S2. The second-order valence-electron chi connectivity index (χ2n) is 10.8. The first-order valence-electron chi connectivity index (χ1n) is 14.4. The van der Waals surface area contributed by atoms with Crippen LogP contribution in [0.5, 0.6) is 0 Å². The van der Waals surface area contributed by atoms with Gasteiger partial charge in [-0.2, -0.15) is 0 Å². The van der Waals surface area contributed by atoms with Crippen LogP contribution in [0.15, 0.2) is 82.6 Å². The summed E-state index contributed by atoms with van der Waals surface area (Å²) in [5.74, 6) is 0. The maximum absolute atomic E-state index is 14.4. The number of para-hydroxylation sites is 2. The van der Waals surface area contributed by atoms with E-state index in [9.17, 15) is 16.8 Å². The fourth-order valence-electron chi connectivity index (χ4n) is 5.20. The van der Waals surface area contributed by atoms with E-state index in [0.29, 0.717) is 55.5 Å². The van der Waals surface area contributed by atoms with Gasteiger partial charge in [0.05, 0.1) is 22.7 Å². The molecule has 9 nitrogen and oxygen atoms in total. The molecule has 1 fully saturated rings. The van der Waals surface area contributed by atoms with Gasteiger partial charge in [0.25, 0.3) is 20.0 Å². The van der Waals surface area contributed by atoms with Crippen LogP contribution in [0.25, 0.3) is 0 Å². The summed E-state index contributed by atoms with van der Waals surface area (Å²) in [7, 11) is -1.33. The second kappa shape index (κ2) is 13.4. The molecule has 1 heterocycles. The summed E-state index contributed by atoms with van der Waals surface area (Å²) in [5, 5.41) is 0. The van der Waals surface area contributed by atoms with Gasteiger partial charge in [0, 0.05) is 46.8 Å². The second-order valence-corrected chi connectivity index (χ2v) is 14.7. The van der Waals surface area contributed by atoms with Gasteiger partial charge >= 0.3 is 0 Å². The molecule has 0 aliphatic carbocycles. The lowest BCUT2D eigenvalue weighted by Gasteiger charge is -2.35. The minimum Gasteiger partial charge on any atom is -0.370 e. The Morgan fingerprint density at radius 2 is 1.17 bits per heavy atom. The molecule has 1 saturated heterocycles. The zero-order valence-electron chi connectivity index (χ0n) is 25.3. The molecule has 0 bridgehead atoms. The predicted octanol–water partition coefficient (Wildman–Crippen LogP) is 4.72. The maximum atomic E-state index is 14.4. The van der Waals surface area contributed by atoms with Crippen LogP contribution in [0.1, 0.15) is 26.2 Å². The third-order valence-electron chi connectivity index (χ3n) is 7.79. The Balaban J connectivity index is 1.99. The minimum atomic E-state index is -4.16. The highest BCUT2D eigenvalue weighted by Crippen LogP contribution is 2.40. The fraction of sp³-hybridized carbons (Fsp3) is 0.419. The van der Waals surface area contributed by atoms with Crippen molar-refractivity contribution in [2.75, 3.05) is 79.3 Å². The molecule has 1 aliphatic rings. The van der Waals surface area contributed by atoms with Gasteiger partial charge in [-0.1, -0.05) is 36.4 Å². The Kier molecular flexibility index (Phi) is 10.1. The Morgan fingerprint density at radius 3 is 1.64 bits per heavy atom. The number of piperidine rings is 1. The molecular weight excluding hydrogens is 571 g/mol. The van der Waals surface area contributed by atoms with Crippen LogP contribution in [0.4, 0.5) is 22.7 Å². The summed E-state index contributed by atoms with van der Waals surface area (Å²) in [6, 6.07) is 20.9. The van der Waals surface area contributed by atoms with Crippen LogP contribution in [-0.2, 0) is 20.0 Å². The zero-order valence-corrected chi connectivity index (χ0v) is 26.9. The Morgan fingerprint density at radius 1 is 0.667 bits per heavy atom. The standard InChI is InChI=1S/C31H43N5O4S2/c1-6-35(23-22-32(2)3)28-24-29(36-20-14-9-15-21-36)31(42(39,40)34(5)27-18-12-8-13-19-27)25-30(28)41(37,38)33(4)26-16-10-7-11-17-26/h7-8,10-13,16-19,24-25H,6,9,14-15,20-23H2,1-5H3. The molecule has 0 amide bonds. The van der Waals surface area contributed by atoms with E-state index in [0.717, 1.165) is 19.3 Å². The number of likely N-dealkylation sites (N-methyl/N-ethyl adjacent to an activating group) is 2. The number of anilines is 4. The average molecular weight is 614 g/mol. The normalized spacial score (nSPS) is 14.2. The number of hydrogen-bond acceptors (Lipinski definition) is 7. The molecule has 0 unspecified atom stereocenters. The monoisotopic (exact) mass is 613 g/mol. The van der Waals surface area contributed by atoms with Gasteiger partial charge in [-0.15, -0.1) is 0 Å². The van der Waals surface area contributed by atoms with E-state index >= 15 is 0 Å². The average Bonchev–Trinajstić information content (AvgIpc) is 3.01. The topological polar surface area (TPSA) is 84.5 Å². The zero-order chi connectivity index (χ0) is 30.5. The van der Waals surface area contributed by atoms with E-state index in [1.165, 1.54) is 28.8 Å². The fourth-order valence-corrected chi connectivity index (χ4v) is 8.10. The van der Waals surface area contributed by atoms with Gasteiger partial charge in [-0.3, -0.25) is 8.61 Å². The largest absolute Gasteiger partial charge is 0.370 e. The first-order chi connectivity index (χ1) is 20.0. The van der Waals surface area contributed by atoms with E-state index in [4.69, 9.17) is 0 Å². The Labute approximate surface area is 252 Å². The molecule has 0 N–H and O–H groups in total. The van der Waals surface area contributed by atoms with Crippen molar-refractivity contribution >= 4 is 42.8 Å². The summed E-state index contributed by atoms with van der Waals surface area (Å²) in [4.78, 5) is 6.12. The lowest BCUT2D eigenvalue weighted by molar-refractivity contribution is 0.413. The Hall–Kier alpha value is -3.28. The smallest absolute Gasteiger partial charge is 0.266 e. The summed E-state index contributed by atoms with van der Waals surface area (Å²) in [5.41, 5.74) is 2.03. The van der Waals surface area contributed by atoms with Crippen molar-refractivity contribution in [3.63, 3.8) is 0 Å². The van der Waals surface area contributed by atoms with Gasteiger partial charge in [0.2, 0.25) is 0 Å². The van der Waals surface area contributed by atoms with E-state index in [1.807, 2.05) is 43.0 Å². The summed E-state index contributed by atoms with van der Waals surface area (Å²) in [6.45, 7) is 5.24. The minimum absolute atomic E-state index is 0.0109. The van der Waals surface area contributed by atoms with Crippen LogP contribution in [-0.4, -0.2) is 82.6 Å².